The Kier molecular flexibility index (Phi) is 7.87. The highest BCUT2D eigenvalue weighted by Gasteiger charge is 2.39. The van der Waals surface area contributed by atoms with Gasteiger partial charge in [0.1, 0.15) is 0 Å². The second-order valence-electron chi connectivity index (χ2n) is 14.2. The Morgan fingerprint density at radius 1 is 0.396 bits per heavy atom. The SMILES string of the molecule is CC1(C)c2c(-c3ccc(C#N)cc3)cccc2-c2cccc(-c3cc(-c4ccc(-c5cccnc5)cc4)cc(-c4ccc(-c5cccnc5)cc4)c3)c21. The Labute approximate surface area is 310 Å². The summed E-state index contributed by atoms with van der Waals surface area (Å²) in [5.74, 6) is 0. The normalized spacial score (nSPS) is 12.5. The molecule has 2 aromatic heterocycles. The lowest BCUT2D eigenvalue weighted by Gasteiger charge is -2.27. The molecule has 250 valence electrons. The van der Waals surface area contributed by atoms with Gasteiger partial charge in [-0.3, -0.25) is 9.97 Å². The lowest BCUT2D eigenvalue weighted by molar-refractivity contribution is 0.664. The number of hydrogen-bond donors (Lipinski definition) is 0. The maximum atomic E-state index is 9.44. The van der Waals surface area contributed by atoms with Crippen LogP contribution in [-0.2, 0) is 5.41 Å². The van der Waals surface area contributed by atoms with Gasteiger partial charge < -0.3 is 0 Å². The van der Waals surface area contributed by atoms with E-state index >= 15 is 0 Å². The molecular weight excluding hydrogens is 643 g/mol. The van der Waals surface area contributed by atoms with Gasteiger partial charge in [-0.25, -0.2) is 0 Å². The van der Waals surface area contributed by atoms with Crippen molar-refractivity contribution in [3.8, 4) is 84.0 Å². The molecule has 0 aliphatic heterocycles. The first-order valence-corrected chi connectivity index (χ1v) is 17.9. The molecule has 9 rings (SSSR count). The molecule has 0 radical (unpaired) electrons. The van der Waals surface area contributed by atoms with Crippen molar-refractivity contribution in [3.63, 3.8) is 0 Å². The molecule has 1 aliphatic rings. The summed E-state index contributed by atoms with van der Waals surface area (Å²) in [6, 6.07) is 56.4. The summed E-state index contributed by atoms with van der Waals surface area (Å²) in [5, 5.41) is 9.44. The molecule has 0 bridgehead atoms. The highest BCUT2D eigenvalue weighted by Crippen LogP contribution is 2.55. The molecule has 1 aliphatic carbocycles. The number of aromatic nitrogens is 2. The van der Waals surface area contributed by atoms with Gasteiger partial charge in [0.2, 0.25) is 0 Å². The van der Waals surface area contributed by atoms with E-state index in [1.165, 1.54) is 38.9 Å². The van der Waals surface area contributed by atoms with Crippen LogP contribution in [0.5, 0.6) is 0 Å². The van der Waals surface area contributed by atoms with Crippen molar-refractivity contribution >= 4 is 0 Å². The summed E-state index contributed by atoms with van der Waals surface area (Å²) >= 11 is 0. The van der Waals surface area contributed by atoms with Crippen LogP contribution in [0.2, 0.25) is 0 Å². The van der Waals surface area contributed by atoms with E-state index in [0.29, 0.717) is 5.56 Å². The second kappa shape index (κ2) is 13.0. The fourth-order valence-electron chi connectivity index (χ4n) is 8.12. The van der Waals surface area contributed by atoms with Crippen LogP contribution in [-0.4, -0.2) is 9.97 Å². The molecule has 0 amide bonds. The molecule has 3 nitrogen and oxygen atoms in total. The zero-order chi connectivity index (χ0) is 35.9. The van der Waals surface area contributed by atoms with Crippen LogP contribution in [0.4, 0.5) is 0 Å². The lowest BCUT2D eigenvalue weighted by atomic mass is 9.76. The molecular formula is C50H35N3. The maximum absolute atomic E-state index is 9.44. The molecule has 0 spiro atoms. The van der Waals surface area contributed by atoms with Crippen LogP contribution in [0.1, 0.15) is 30.5 Å². The Morgan fingerprint density at radius 3 is 1.23 bits per heavy atom. The van der Waals surface area contributed by atoms with Gasteiger partial charge in [-0.05, 0) is 131 Å². The number of nitriles is 1. The second-order valence-corrected chi connectivity index (χ2v) is 14.2. The molecule has 6 aromatic carbocycles. The minimum Gasteiger partial charge on any atom is -0.264 e. The summed E-state index contributed by atoms with van der Waals surface area (Å²) in [4.78, 5) is 8.65. The number of benzene rings is 6. The monoisotopic (exact) mass is 677 g/mol. The molecule has 0 atom stereocenters. The first-order valence-electron chi connectivity index (χ1n) is 17.9. The van der Waals surface area contributed by atoms with Gasteiger partial charge in [0.25, 0.3) is 0 Å². The molecule has 0 fully saturated rings. The number of fused-ring (bicyclic) bond motifs is 3. The summed E-state index contributed by atoms with van der Waals surface area (Å²) in [5.41, 5.74) is 19.4. The number of nitrogens with zero attached hydrogens (tertiary/aromatic N) is 3. The molecule has 2 heterocycles. The standard InChI is InChI=1S/C50H35N3/c1-50(2)48-44(38-15-13-33(30-51)14-16-38)9-3-11-46(48)47-12-4-10-45(49(47)50)43-28-41(36-21-17-34(18-22-36)39-7-5-25-52-31-39)27-42(29-43)37-23-19-35(20-24-37)40-8-6-26-53-32-40/h3-29,31-32H,1-2H3. The van der Waals surface area contributed by atoms with Crippen LogP contribution in [0.3, 0.4) is 0 Å². The minimum absolute atomic E-state index is 0.279. The lowest BCUT2D eigenvalue weighted by Crippen LogP contribution is -2.17. The predicted molar refractivity (Wildman–Crippen MR) is 217 cm³/mol. The zero-order valence-electron chi connectivity index (χ0n) is 29.6. The fraction of sp³-hybridized carbons (Fsp3) is 0.0600. The van der Waals surface area contributed by atoms with Crippen LogP contribution < -0.4 is 0 Å². The third kappa shape index (κ3) is 5.72. The molecule has 3 heteroatoms. The largest absolute Gasteiger partial charge is 0.264 e. The maximum Gasteiger partial charge on any atom is 0.0991 e. The summed E-state index contributed by atoms with van der Waals surface area (Å²) in [6.45, 7) is 4.71. The average Bonchev–Trinajstić information content (AvgIpc) is 3.47. The van der Waals surface area contributed by atoms with Gasteiger partial charge in [0, 0.05) is 30.2 Å². The molecule has 0 saturated heterocycles. The van der Waals surface area contributed by atoms with E-state index in [4.69, 9.17) is 0 Å². The van der Waals surface area contributed by atoms with Crippen molar-refractivity contribution in [1.82, 2.24) is 9.97 Å². The minimum atomic E-state index is -0.279. The zero-order valence-corrected chi connectivity index (χ0v) is 29.6. The van der Waals surface area contributed by atoms with Crippen molar-refractivity contribution in [2.24, 2.45) is 0 Å². The highest BCUT2D eigenvalue weighted by atomic mass is 14.6. The fourth-order valence-corrected chi connectivity index (χ4v) is 8.12. The number of pyridine rings is 2. The van der Waals surface area contributed by atoms with Gasteiger partial charge in [0.15, 0.2) is 0 Å². The Hall–Kier alpha value is -6.89. The van der Waals surface area contributed by atoms with Crippen molar-refractivity contribution < 1.29 is 0 Å². The topological polar surface area (TPSA) is 49.6 Å². The Bertz CT molecular complexity index is 2550. The highest BCUT2D eigenvalue weighted by molar-refractivity contribution is 5.94. The quantitative estimate of drug-likeness (QED) is 0.176. The van der Waals surface area contributed by atoms with E-state index in [-0.39, 0.29) is 5.41 Å². The first kappa shape index (κ1) is 32.0. The molecule has 0 saturated carbocycles. The van der Waals surface area contributed by atoms with Crippen LogP contribution in [0, 0.1) is 11.3 Å². The van der Waals surface area contributed by atoms with Gasteiger partial charge in [-0.2, -0.15) is 5.26 Å². The molecule has 0 N–H and O–H groups in total. The summed E-state index contributed by atoms with van der Waals surface area (Å²) in [7, 11) is 0. The van der Waals surface area contributed by atoms with Crippen LogP contribution in [0.25, 0.3) is 77.9 Å². The van der Waals surface area contributed by atoms with E-state index in [1.807, 2.05) is 49.1 Å². The smallest absolute Gasteiger partial charge is 0.0991 e. The van der Waals surface area contributed by atoms with Gasteiger partial charge in [0.05, 0.1) is 11.6 Å². The number of hydrogen-bond acceptors (Lipinski definition) is 3. The average molecular weight is 678 g/mol. The predicted octanol–water partition coefficient (Wildman–Crippen LogP) is 12.7. The molecule has 53 heavy (non-hydrogen) atoms. The van der Waals surface area contributed by atoms with Crippen LogP contribution >= 0.6 is 0 Å². The van der Waals surface area contributed by atoms with Crippen molar-refractivity contribution in [3.05, 3.63) is 193 Å². The Morgan fingerprint density at radius 2 is 0.792 bits per heavy atom. The Balaban J connectivity index is 1.19. The molecule has 8 aromatic rings. The van der Waals surface area contributed by atoms with E-state index in [9.17, 15) is 5.26 Å². The summed E-state index contributed by atoms with van der Waals surface area (Å²) in [6.07, 6.45) is 7.43. The third-order valence-corrected chi connectivity index (χ3v) is 10.7. The van der Waals surface area contributed by atoms with Gasteiger partial charge in [-0.15, -0.1) is 0 Å². The van der Waals surface area contributed by atoms with Gasteiger partial charge >= 0.3 is 0 Å². The van der Waals surface area contributed by atoms with E-state index in [2.05, 4.69) is 157 Å². The van der Waals surface area contributed by atoms with Crippen molar-refractivity contribution in [2.45, 2.75) is 19.3 Å². The van der Waals surface area contributed by atoms with Crippen molar-refractivity contribution in [1.29, 1.82) is 5.26 Å². The van der Waals surface area contributed by atoms with Crippen LogP contribution in [0.15, 0.2) is 176 Å². The van der Waals surface area contributed by atoms with E-state index in [0.717, 1.165) is 50.1 Å². The van der Waals surface area contributed by atoms with E-state index in [1.54, 1.807) is 0 Å². The van der Waals surface area contributed by atoms with Gasteiger partial charge in [-0.1, -0.05) is 123 Å². The van der Waals surface area contributed by atoms with Crippen molar-refractivity contribution in [2.75, 3.05) is 0 Å². The summed E-state index contributed by atoms with van der Waals surface area (Å²) < 4.78 is 0. The first-order chi connectivity index (χ1) is 26.0. The molecule has 0 unspecified atom stereocenters. The number of rotatable bonds is 6. The van der Waals surface area contributed by atoms with E-state index < -0.39 is 0 Å². The third-order valence-electron chi connectivity index (χ3n) is 10.7.